The molecule has 1 spiro atoms. The van der Waals surface area contributed by atoms with Gasteiger partial charge < -0.3 is 11.1 Å². The van der Waals surface area contributed by atoms with E-state index >= 15 is 0 Å². The van der Waals surface area contributed by atoms with Gasteiger partial charge in [-0.3, -0.25) is 9.47 Å². The molecule has 2 aliphatic carbocycles. The molecule has 7 heteroatoms. The first-order valence-electron chi connectivity index (χ1n) is 13.2. The van der Waals surface area contributed by atoms with Crippen LogP contribution in [0.3, 0.4) is 0 Å². The lowest BCUT2D eigenvalue weighted by atomic mass is 10.0. The molecule has 2 fully saturated rings. The summed E-state index contributed by atoms with van der Waals surface area (Å²) < 4.78 is 2.12. The van der Waals surface area contributed by atoms with Gasteiger partial charge in [0.2, 0.25) is 0 Å². The molecule has 1 aliphatic heterocycles. The lowest BCUT2D eigenvalue weighted by molar-refractivity contribution is 0.182. The molecule has 7 rings (SSSR count). The van der Waals surface area contributed by atoms with Crippen LogP contribution in [-0.2, 0) is 6.54 Å². The number of nitrogens with zero attached hydrogens (tertiary/aromatic N) is 5. The van der Waals surface area contributed by atoms with Crippen LogP contribution in [-0.4, -0.2) is 49.6 Å². The van der Waals surface area contributed by atoms with E-state index in [4.69, 9.17) is 15.7 Å². The highest BCUT2D eigenvalue weighted by atomic mass is 15.2. The van der Waals surface area contributed by atoms with Crippen LogP contribution in [0.1, 0.15) is 36.9 Å². The van der Waals surface area contributed by atoms with Crippen molar-refractivity contribution in [1.29, 1.82) is 0 Å². The maximum atomic E-state index is 6.31. The fourth-order valence-electron chi connectivity index (χ4n) is 5.62. The van der Waals surface area contributed by atoms with Gasteiger partial charge >= 0.3 is 0 Å². The van der Waals surface area contributed by atoms with E-state index in [-0.39, 0.29) is 0 Å². The van der Waals surface area contributed by atoms with E-state index < -0.39 is 0 Å². The van der Waals surface area contributed by atoms with E-state index in [2.05, 4.69) is 74.4 Å². The fraction of sp³-hybridized carbons (Fsp3) is 0.300. The van der Waals surface area contributed by atoms with Crippen LogP contribution in [0.15, 0.2) is 73.0 Å². The number of fused-ring (bicyclic) bond motifs is 1. The molecule has 3 aliphatic rings. The molecule has 0 amide bonds. The summed E-state index contributed by atoms with van der Waals surface area (Å²) in [5.74, 6) is 1.21. The summed E-state index contributed by atoms with van der Waals surface area (Å²) in [6, 6.07) is 16.8. The number of hydrogen-bond acceptors (Lipinski definition) is 6. The molecule has 186 valence electrons. The fourth-order valence-corrected chi connectivity index (χ4v) is 5.62. The van der Waals surface area contributed by atoms with Crippen molar-refractivity contribution in [2.24, 2.45) is 0 Å². The molecular formula is C30H31N7. The number of benzene rings is 1. The summed E-state index contributed by atoms with van der Waals surface area (Å²) in [7, 11) is 0. The van der Waals surface area contributed by atoms with Crippen LogP contribution in [0.25, 0.3) is 33.8 Å². The molecule has 1 saturated carbocycles. The molecule has 37 heavy (non-hydrogen) atoms. The first kappa shape index (κ1) is 22.4. The zero-order valence-corrected chi connectivity index (χ0v) is 20.9. The Morgan fingerprint density at radius 1 is 1.00 bits per heavy atom. The monoisotopic (exact) mass is 489 g/mol. The Hall–Kier alpha value is -3.81. The summed E-state index contributed by atoms with van der Waals surface area (Å²) >= 11 is 0. The van der Waals surface area contributed by atoms with Crippen LogP contribution in [0, 0.1) is 0 Å². The molecule has 7 nitrogen and oxygen atoms in total. The third-order valence-corrected chi connectivity index (χ3v) is 7.78. The average molecular weight is 490 g/mol. The van der Waals surface area contributed by atoms with Crippen molar-refractivity contribution in [3.05, 3.63) is 84.2 Å². The van der Waals surface area contributed by atoms with Crippen LogP contribution < -0.4 is 11.1 Å². The molecule has 4 heterocycles. The van der Waals surface area contributed by atoms with Gasteiger partial charge in [-0.15, -0.1) is 0 Å². The van der Waals surface area contributed by atoms with Gasteiger partial charge in [0.15, 0.2) is 11.5 Å². The minimum Gasteiger partial charge on any atom is -0.383 e. The highest BCUT2D eigenvalue weighted by molar-refractivity contribution is 5.85. The SMILES string of the molecule is Nc1ncccc1-c1nc2ccc(C3=CCCC=C3)nc2n1-c1ccc(CN2CCNC3(CC3)C2)cc1. The Kier molecular flexibility index (Phi) is 5.41. The second-order valence-corrected chi connectivity index (χ2v) is 10.5. The second-order valence-electron chi connectivity index (χ2n) is 10.5. The van der Waals surface area contributed by atoms with Gasteiger partial charge in [-0.1, -0.05) is 30.4 Å². The Bertz CT molecular complexity index is 1530. The molecule has 3 N–H and O–H groups in total. The number of anilines is 1. The summed E-state index contributed by atoms with van der Waals surface area (Å²) in [5.41, 5.74) is 13.6. The van der Waals surface area contributed by atoms with Gasteiger partial charge in [-0.25, -0.2) is 15.0 Å². The van der Waals surface area contributed by atoms with E-state index in [1.807, 2.05) is 12.1 Å². The quantitative estimate of drug-likeness (QED) is 0.421. The minimum atomic E-state index is 0.388. The molecule has 1 saturated heterocycles. The largest absolute Gasteiger partial charge is 0.383 e. The Labute approximate surface area is 216 Å². The molecule has 1 aromatic carbocycles. The summed E-state index contributed by atoms with van der Waals surface area (Å²) in [4.78, 5) is 17.0. The molecule has 0 bridgehead atoms. The second kappa shape index (κ2) is 8.94. The lowest BCUT2D eigenvalue weighted by Crippen LogP contribution is -2.51. The molecule has 0 radical (unpaired) electrons. The van der Waals surface area contributed by atoms with Crippen LogP contribution in [0.2, 0.25) is 0 Å². The van der Waals surface area contributed by atoms with Gasteiger partial charge in [-0.2, -0.15) is 0 Å². The normalized spacial score (nSPS) is 18.9. The number of rotatable bonds is 5. The first-order chi connectivity index (χ1) is 18.2. The molecule has 0 atom stereocenters. The van der Waals surface area contributed by atoms with Gasteiger partial charge in [0.05, 0.1) is 11.3 Å². The van der Waals surface area contributed by atoms with Crippen LogP contribution >= 0.6 is 0 Å². The number of allylic oxidation sites excluding steroid dienone is 4. The maximum absolute atomic E-state index is 6.31. The van der Waals surface area contributed by atoms with Crippen molar-refractivity contribution < 1.29 is 0 Å². The number of pyridine rings is 2. The van der Waals surface area contributed by atoms with E-state index in [0.717, 1.165) is 78.5 Å². The number of hydrogen-bond donors (Lipinski definition) is 2. The van der Waals surface area contributed by atoms with Gasteiger partial charge in [0.25, 0.3) is 0 Å². The zero-order valence-electron chi connectivity index (χ0n) is 20.9. The van der Waals surface area contributed by atoms with Crippen molar-refractivity contribution in [3.63, 3.8) is 0 Å². The Morgan fingerprint density at radius 3 is 2.68 bits per heavy atom. The first-order valence-corrected chi connectivity index (χ1v) is 13.2. The van der Waals surface area contributed by atoms with E-state index in [0.29, 0.717) is 11.4 Å². The van der Waals surface area contributed by atoms with Crippen molar-refractivity contribution in [1.82, 2.24) is 29.7 Å². The van der Waals surface area contributed by atoms with Crippen LogP contribution in [0.5, 0.6) is 0 Å². The highest BCUT2D eigenvalue weighted by Crippen LogP contribution is 2.38. The predicted molar refractivity (Wildman–Crippen MR) is 148 cm³/mol. The van der Waals surface area contributed by atoms with Crippen molar-refractivity contribution >= 4 is 22.6 Å². The predicted octanol–water partition coefficient (Wildman–Crippen LogP) is 4.74. The zero-order chi connectivity index (χ0) is 24.8. The van der Waals surface area contributed by atoms with Crippen molar-refractivity contribution in [2.45, 2.75) is 37.8 Å². The van der Waals surface area contributed by atoms with E-state index in [1.54, 1.807) is 6.20 Å². The maximum Gasteiger partial charge on any atom is 0.165 e. The van der Waals surface area contributed by atoms with Gasteiger partial charge in [0, 0.05) is 43.6 Å². The summed E-state index contributed by atoms with van der Waals surface area (Å²) in [6.45, 7) is 4.29. The molecule has 4 aromatic rings. The molecule has 0 unspecified atom stereocenters. The topological polar surface area (TPSA) is 84.9 Å². The van der Waals surface area contributed by atoms with Crippen molar-refractivity contribution in [3.8, 4) is 17.1 Å². The van der Waals surface area contributed by atoms with Gasteiger partial charge in [-0.05, 0) is 73.2 Å². The Morgan fingerprint density at radius 2 is 1.89 bits per heavy atom. The standard InChI is InChI=1S/C30H31N7/c31-27-24(7-4-16-32-27)28-35-26-13-12-25(22-5-2-1-3-6-22)34-29(26)37(28)23-10-8-21(9-11-23)19-36-18-17-33-30(20-36)14-15-30/h2,4-13,16,33H,1,3,14-15,17-20H2,(H2,31,32). The Balaban J connectivity index is 1.29. The van der Waals surface area contributed by atoms with E-state index in [1.165, 1.54) is 18.4 Å². The number of nitrogen functional groups attached to an aromatic ring is 1. The van der Waals surface area contributed by atoms with Gasteiger partial charge in [0.1, 0.15) is 11.3 Å². The third-order valence-electron chi connectivity index (χ3n) is 7.78. The number of imidazole rings is 1. The lowest BCUT2D eigenvalue weighted by Gasteiger charge is -2.34. The molecular weight excluding hydrogens is 458 g/mol. The highest BCUT2D eigenvalue weighted by Gasteiger charge is 2.45. The smallest absolute Gasteiger partial charge is 0.165 e. The molecule has 3 aromatic heterocycles. The minimum absolute atomic E-state index is 0.388. The summed E-state index contributed by atoms with van der Waals surface area (Å²) in [5, 5.41) is 3.70. The number of nitrogens with two attached hydrogens (primary N) is 1. The van der Waals surface area contributed by atoms with Crippen LogP contribution in [0.4, 0.5) is 5.82 Å². The number of nitrogens with one attached hydrogen (secondary N) is 1. The number of piperazine rings is 1. The van der Waals surface area contributed by atoms with E-state index in [9.17, 15) is 0 Å². The number of aromatic nitrogens is 4. The average Bonchev–Trinajstić information content (AvgIpc) is 3.56. The summed E-state index contributed by atoms with van der Waals surface area (Å²) in [6.07, 6.45) is 13.1. The van der Waals surface area contributed by atoms with Crippen molar-refractivity contribution in [2.75, 3.05) is 25.4 Å². The third kappa shape index (κ3) is 4.24.